The number of carbonyl (C=O) groups excluding carboxylic acids is 1. The van der Waals surface area contributed by atoms with E-state index in [1.54, 1.807) is 0 Å². The van der Waals surface area contributed by atoms with Gasteiger partial charge in [-0.25, -0.2) is 0 Å². The molecule has 0 radical (unpaired) electrons. The van der Waals surface area contributed by atoms with Gasteiger partial charge in [-0.2, -0.15) is 0 Å². The average Bonchev–Trinajstić information content (AvgIpc) is 2.64. The van der Waals surface area contributed by atoms with Gasteiger partial charge in [0.1, 0.15) is 0 Å². The van der Waals surface area contributed by atoms with Crippen LogP contribution in [0.4, 0.5) is 0 Å². The molecule has 0 aromatic heterocycles. The summed E-state index contributed by atoms with van der Waals surface area (Å²) in [4.78, 5) is 16.1. The Morgan fingerprint density at radius 2 is 1.28 bits per heavy atom. The third-order valence-electron chi connectivity index (χ3n) is 4.44. The van der Waals surface area contributed by atoms with Crippen LogP contribution in [0.25, 0.3) is 0 Å². The number of piperazine rings is 1. The minimum atomic E-state index is 0. The summed E-state index contributed by atoms with van der Waals surface area (Å²) in [5.41, 5.74) is 8.05. The minimum absolute atomic E-state index is 0. The Balaban J connectivity index is 0.00000156. The maximum atomic E-state index is 11.8. The van der Waals surface area contributed by atoms with E-state index in [1.807, 2.05) is 17.0 Å². The van der Waals surface area contributed by atoms with Crippen LogP contribution < -0.4 is 5.73 Å². The molecule has 1 saturated heterocycles. The second kappa shape index (κ2) is 10.4. The maximum absolute atomic E-state index is 11.8. The van der Waals surface area contributed by atoms with Gasteiger partial charge in [-0.15, -0.1) is 24.8 Å². The molecule has 0 bridgehead atoms. The molecule has 0 saturated carbocycles. The number of amides is 1. The van der Waals surface area contributed by atoms with E-state index in [0.717, 1.165) is 26.2 Å². The van der Waals surface area contributed by atoms with Gasteiger partial charge in [0.15, 0.2) is 0 Å². The van der Waals surface area contributed by atoms with Gasteiger partial charge >= 0.3 is 0 Å². The van der Waals surface area contributed by atoms with E-state index < -0.39 is 0 Å². The fourth-order valence-corrected chi connectivity index (χ4v) is 3.24. The first kappa shape index (κ1) is 21.5. The van der Waals surface area contributed by atoms with Crippen LogP contribution in [-0.4, -0.2) is 48.4 Å². The second-order valence-electron chi connectivity index (χ2n) is 5.84. The van der Waals surface area contributed by atoms with E-state index in [0.29, 0.717) is 0 Å². The van der Waals surface area contributed by atoms with Crippen molar-refractivity contribution in [3.8, 4) is 0 Å². The average molecular weight is 382 g/mol. The summed E-state index contributed by atoms with van der Waals surface area (Å²) >= 11 is 0. The lowest BCUT2D eigenvalue weighted by molar-refractivity contribution is -0.131. The molecular weight excluding hydrogens is 357 g/mol. The van der Waals surface area contributed by atoms with Crippen molar-refractivity contribution in [2.45, 2.75) is 6.04 Å². The predicted octanol–water partition coefficient (Wildman–Crippen LogP) is 2.72. The molecule has 1 heterocycles. The van der Waals surface area contributed by atoms with Crippen LogP contribution in [0.2, 0.25) is 0 Å². The number of carbonyl (C=O) groups is 1. The highest BCUT2D eigenvalue weighted by Crippen LogP contribution is 2.29. The summed E-state index contributed by atoms with van der Waals surface area (Å²) < 4.78 is 0. The van der Waals surface area contributed by atoms with Crippen LogP contribution in [0.3, 0.4) is 0 Å². The zero-order valence-electron chi connectivity index (χ0n) is 14.1. The number of hydrogen-bond donors (Lipinski definition) is 1. The zero-order valence-corrected chi connectivity index (χ0v) is 15.7. The first-order chi connectivity index (χ1) is 11.3. The van der Waals surface area contributed by atoms with Crippen molar-refractivity contribution >= 4 is 30.7 Å². The molecule has 0 aliphatic carbocycles. The van der Waals surface area contributed by atoms with Crippen molar-refractivity contribution < 1.29 is 4.79 Å². The fraction of sp³-hybridized carbons (Fsp3) is 0.316. The van der Waals surface area contributed by atoms with Gasteiger partial charge in [0.25, 0.3) is 0 Å². The van der Waals surface area contributed by atoms with Crippen LogP contribution in [-0.2, 0) is 4.79 Å². The van der Waals surface area contributed by atoms with Crippen molar-refractivity contribution in [1.82, 2.24) is 9.80 Å². The molecule has 25 heavy (non-hydrogen) atoms. The van der Waals surface area contributed by atoms with E-state index in [9.17, 15) is 4.79 Å². The Bertz CT molecular complexity index is 592. The molecule has 0 spiro atoms. The number of nitrogens with two attached hydrogens (primary N) is 1. The van der Waals surface area contributed by atoms with Gasteiger partial charge in [0.2, 0.25) is 5.91 Å². The molecule has 2 N–H and O–H groups in total. The summed E-state index contributed by atoms with van der Waals surface area (Å²) in [7, 11) is 0. The molecule has 3 rings (SSSR count). The van der Waals surface area contributed by atoms with E-state index in [-0.39, 0.29) is 43.3 Å². The number of benzene rings is 2. The molecule has 2 aromatic rings. The van der Waals surface area contributed by atoms with Gasteiger partial charge in [0.05, 0.1) is 12.6 Å². The van der Waals surface area contributed by atoms with Crippen molar-refractivity contribution in [3.05, 3.63) is 71.8 Å². The molecule has 0 unspecified atom stereocenters. The third-order valence-corrected chi connectivity index (χ3v) is 4.44. The lowest BCUT2D eigenvalue weighted by Crippen LogP contribution is -2.51. The standard InChI is InChI=1S/C19H23N3O.2ClH/c20-15-18(23)21-11-13-22(14-12-21)19(16-7-3-1-4-8-16)17-9-5-2-6-10-17;;/h1-10,19H,11-15,20H2;2*1H. The molecule has 1 fully saturated rings. The maximum Gasteiger partial charge on any atom is 0.236 e. The van der Waals surface area contributed by atoms with Crippen molar-refractivity contribution in [1.29, 1.82) is 0 Å². The summed E-state index contributed by atoms with van der Waals surface area (Å²) in [5.74, 6) is 0.0422. The van der Waals surface area contributed by atoms with Gasteiger partial charge in [-0.3, -0.25) is 9.69 Å². The Labute approximate surface area is 161 Å². The lowest BCUT2D eigenvalue weighted by atomic mass is 9.96. The molecule has 1 aliphatic heterocycles. The Morgan fingerprint density at radius 3 is 1.68 bits per heavy atom. The van der Waals surface area contributed by atoms with Crippen LogP contribution in [0.5, 0.6) is 0 Å². The lowest BCUT2D eigenvalue weighted by Gasteiger charge is -2.39. The second-order valence-corrected chi connectivity index (χ2v) is 5.84. The Kier molecular flexibility index (Phi) is 8.93. The largest absolute Gasteiger partial charge is 0.339 e. The van der Waals surface area contributed by atoms with Crippen LogP contribution in [0.1, 0.15) is 17.2 Å². The minimum Gasteiger partial charge on any atom is -0.339 e. The summed E-state index contributed by atoms with van der Waals surface area (Å²) in [6.07, 6.45) is 0. The molecule has 6 heteroatoms. The number of nitrogens with zero attached hydrogens (tertiary/aromatic N) is 2. The Hall–Kier alpha value is -1.59. The van der Waals surface area contributed by atoms with Gasteiger partial charge in [-0.1, -0.05) is 60.7 Å². The normalized spacial score (nSPS) is 14.6. The number of hydrogen-bond acceptors (Lipinski definition) is 3. The quantitative estimate of drug-likeness (QED) is 0.885. The molecule has 2 aromatic carbocycles. The molecule has 1 amide bonds. The first-order valence-electron chi connectivity index (χ1n) is 8.11. The highest BCUT2D eigenvalue weighted by molar-refractivity contribution is 5.85. The SMILES string of the molecule is Cl.Cl.NCC(=O)N1CCN(C(c2ccccc2)c2ccccc2)CC1. The van der Waals surface area contributed by atoms with Gasteiger partial charge < -0.3 is 10.6 Å². The summed E-state index contributed by atoms with van der Waals surface area (Å²) in [6.45, 7) is 3.31. The fourth-order valence-electron chi connectivity index (χ4n) is 3.24. The Morgan fingerprint density at radius 1 is 0.840 bits per heavy atom. The molecule has 0 atom stereocenters. The van der Waals surface area contributed by atoms with Gasteiger partial charge in [-0.05, 0) is 11.1 Å². The zero-order chi connectivity index (χ0) is 16.1. The van der Waals surface area contributed by atoms with E-state index in [2.05, 4.69) is 53.4 Å². The molecule has 1 aliphatic rings. The molecule has 136 valence electrons. The summed E-state index contributed by atoms with van der Waals surface area (Å²) in [5, 5.41) is 0. The number of halogens is 2. The third kappa shape index (κ3) is 5.19. The van der Waals surface area contributed by atoms with Crippen LogP contribution >= 0.6 is 24.8 Å². The molecule has 4 nitrogen and oxygen atoms in total. The van der Waals surface area contributed by atoms with Crippen LogP contribution in [0.15, 0.2) is 60.7 Å². The van der Waals surface area contributed by atoms with E-state index >= 15 is 0 Å². The van der Waals surface area contributed by atoms with Crippen molar-refractivity contribution in [2.75, 3.05) is 32.7 Å². The van der Waals surface area contributed by atoms with Crippen molar-refractivity contribution in [2.24, 2.45) is 5.73 Å². The van der Waals surface area contributed by atoms with Crippen LogP contribution in [0, 0.1) is 0 Å². The topological polar surface area (TPSA) is 49.6 Å². The monoisotopic (exact) mass is 381 g/mol. The highest BCUT2D eigenvalue weighted by Gasteiger charge is 2.27. The van der Waals surface area contributed by atoms with Crippen molar-refractivity contribution in [3.63, 3.8) is 0 Å². The molecular formula is C19H25Cl2N3O. The smallest absolute Gasteiger partial charge is 0.236 e. The predicted molar refractivity (Wildman–Crippen MR) is 106 cm³/mol. The highest BCUT2D eigenvalue weighted by atomic mass is 35.5. The number of rotatable bonds is 4. The van der Waals surface area contributed by atoms with Gasteiger partial charge in [0, 0.05) is 26.2 Å². The van der Waals surface area contributed by atoms with E-state index in [4.69, 9.17) is 5.73 Å². The summed E-state index contributed by atoms with van der Waals surface area (Å²) in [6, 6.07) is 21.4. The van der Waals surface area contributed by atoms with E-state index in [1.165, 1.54) is 11.1 Å². The first-order valence-corrected chi connectivity index (χ1v) is 8.11.